The van der Waals surface area contributed by atoms with Gasteiger partial charge in [-0.25, -0.2) is 4.79 Å². The van der Waals surface area contributed by atoms with Gasteiger partial charge >= 0.3 is 5.97 Å². The summed E-state index contributed by atoms with van der Waals surface area (Å²) in [6, 6.07) is 3.66. The van der Waals surface area contributed by atoms with E-state index in [1.807, 2.05) is 32.9 Å². The van der Waals surface area contributed by atoms with Crippen molar-refractivity contribution in [1.82, 2.24) is 0 Å². The fourth-order valence-electron chi connectivity index (χ4n) is 2.91. The van der Waals surface area contributed by atoms with E-state index in [-0.39, 0.29) is 18.4 Å². The number of nitrogens with one attached hydrogen (secondary N) is 1. The lowest BCUT2D eigenvalue weighted by Crippen LogP contribution is -2.16. The quantitative estimate of drug-likeness (QED) is 0.694. The van der Waals surface area contributed by atoms with E-state index in [1.165, 1.54) is 11.3 Å². The maximum atomic E-state index is 12.8. The standard InChI is InChI=1S/C21H25NO5S/c1-11-8-16(25-4)17(26-5)9-15(11)10-27-21(24)18-12(2)13(3)28-20(18)22-19(23)14-6-7-14/h8-9,14H,6-7,10H2,1-5H3,(H,22,23). The molecule has 6 nitrogen and oxygen atoms in total. The van der Waals surface area contributed by atoms with Crippen LogP contribution in [0.5, 0.6) is 11.5 Å². The molecule has 1 aromatic heterocycles. The summed E-state index contributed by atoms with van der Waals surface area (Å²) in [6.45, 7) is 5.83. The number of thiophene rings is 1. The molecule has 0 spiro atoms. The third-order valence-electron chi connectivity index (χ3n) is 4.98. The van der Waals surface area contributed by atoms with Crippen LogP contribution in [0, 0.1) is 26.7 Å². The lowest BCUT2D eigenvalue weighted by Gasteiger charge is -2.13. The predicted molar refractivity (Wildman–Crippen MR) is 109 cm³/mol. The summed E-state index contributed by atoms with van der Waals surface area (Å²) < 4.78 is 16.2. The summed E-state index contributed by atoms with van der Waals surface area (Å²) in [5, 5.41) is 3.47. The Morgan fingerprint density at radius 1 is 1.11 bits per heavy atom. The van der Waals surface area contributed by atoms with Crippen molar-refractivity contribution in [3.63, 3.8) is 0 Å². The van der Waals surface area contributed by atoms with E-state index in [2.05, 4.69) is 5.32 Å². The maximum Gasteiger partial charge on any atom is 0.341 e. The van der Waals surface area contributed by atoms with E-state index in [4.69, 9.17) is 14.2 Å². The summed E-state index contributed by atoms with van der Waals surface area (Å²) in [6.07, 6.45) is 1.82. The van der Waals surface area contributed by atoms with Crippen molar-refractivity contribution in [2.24, 2.45) is 5.92 Å². The minimum absolute atomic E-state index is 0.0222. The fraction of sp³-hybridized carbons (Fsp3) is 0.429. The van der Waals surface area contributed by atoms with E-state index in [9.17, 15) is 9.59 Å². The summed E-state index contributed by atoms with van der Waals surface area (Å²) in [5.41, 5.74) is 3.05. The van der Waals surface area contributed by atoms with Crippen molar-refractivity contribution < 1.29 is 23.8 Å². The lowest BCUT2D eigenvalue weighted by molar-refractivity contribution is -0.117. The van der Waals surface area contributed by atoms with Gasteiger partial charge in [-0.3, -0.25) is 4.79 Å². The van der Waals surface area contributed by atoms with Gasteiger partial charge in [0.25, 0.3) is 0 Å². The topological polar surface area (TPSA) is 73.9 Å². The second-order valence-electron chi connectivity index (χ2n) is 6.96. The number of carbonyl (C=O) groups excluding carboxylic acids is 2. The number of carbonyl (C=O) groups is 2. The Kier molecular flexibility index (Phi) is 5.93. The number of ether oxygens (including phenoxy) is 3. The second kappa shape index (κ2) is 8.22. The van der Waals surface area contributed by atoms with Crippen LogP contribution in [0.25, 0.3) is 0 Å². The van der Waals surface area contributed by atoms with Gasteiger partial charge in [0.1, 0.15) is 11.6 Å². The first kappa shape index (κ1) is 20.2. The number of hydrogen-bond donors (Lipinski definition) is 1. The molecule has 0 bridgehead atoms. The average Bonchev–Trinajstić information content (AvgIpc) is 3.48. The average molecular weight is 404 g/mol. The molecule has 150 valence electrons. The highest BCUT2D eigenvalue weighted by atomic mass is 32.1. The molecule has 7 heteroatoms. The van der Waals surface area contributed by atoms with E-state index in [1.54, 1.807) is 14.2 Å². The number of anilines is 1. The van der Waals surface area contributed by atoms with Crippen LogP contribution in [0.2, 0.25) is 0 Å². The van der Waals surface area contributed by atoms with Crippen molar-refractivity contribution in [2.75, 3.05) is 19.5 Å². The summed E-state index contributed by atoms with van der Waals surface area (Å²) in [7, 11) is 3.14. The van der Waals surface area contributed by atoms with Gasteiger partial charge in [-0.05, 0) is 62.4 Å². The third kappa shape index (κ3) is 4.14. The van der Waals surface area contributed by atoms with Crippen molar-refractivity contribution in [3.05, 3.63) is 39.3 Å². The molecule has 3 rings (SSSR count). The van der Waals surface area contributed by atoms with Gasteiger partial charge in [-0.2, -0.15) is 0 Å². The van der Waals surface area contributed by atoms with E-state index in [0.717, 1.165) is 34.4 Å². The van der Waals surface area contributed by atoms with Crippen LogP contribution in [0.4, 0.5) is 5.00 Å². The maximum absolute atomic E-state index is 12.8. The Hall–Kier alpha value is -2.54. The highest BCUT2D eigenvalue weighted by Crippen LogP contribution is 2.36. The molecule has 28 heavy (non-hydrogen) atoms. The van der Waals surface area contributed by atoms with Crippen LogP contribution < -0.4 is 14.8 Å². The smallest absolute Gasteiger partial charge is 0.341 e. The molecule has 1 heterocycles. The molecule has 0 saturated heterocycles. The van der Waals surface area contributed by atoms with Crippen molar-refractivity contribution in [2.45, 2.75) is 40.2 Å². The van der Waals surface area contributed by atoms with E-state index >= 15 is 0 Å². The van der Waals surface area contributed by atoms with Gasteiger partial charge in [-0.1, -0.05) is 0 Å². The number of hydrogen-bond acceptors (Lipinski definition) is 6. The number of esters is 1. The van der Waals surface area contributed by atoms with Crippen molar-refractivity contribution >= 4 is 28.2 Å². The van der Waals surface area contributed by atoms with Crippen molar-refractivity contribution in [3.8, 4) is 11.5 Å². The predicted octanol–water partition coefficient (Wildman–Crippen LogP) is 4.40. The first-order chi connectivity index (χ1) is 13.3. The largest absolute Gasteiger partial charge is 0.493 e. The summed E-state index contributed by atoms with van der Waals surface area (Å²) in [5.74, 6) is 0.817. The molecule has 0 atom stereocenters. The molecule has 0 aliphatic heterocycles. The zero-order valence-electron chi connectivity index (χ0n) is 16.8. The number of rotatable bonds is 7. The molecule has 1 N–H and O–H groups in total. The van der Waals surface area contributed by atoms with Gasteiger partial charge in [0.2, 0.25) is 5.91 Å². The highest BCUT2D eigenvalue weighted by Gasteiger charge is 2.31. The molecule has 1 fully saturated rings. The Bertz CT molecular complexity index is 914. The van der Waals surface area contributed by atoms with Crippen molar-refractivity contribution in [1.29, 1.82) is 0 Å². The van der Waals surface area contributed by atoms with E-state index < -0.39 is 5.97 Å². The van der Waals surface area contributed by atoms with Crippen LogP contribution in [-0.2, 0) is 16.1 Å². The lowest BCUT2D eigenvalue weighted by atomic mass is 10.1. The minimum Gasteiger partial charge on any atom is -0.493 e. The van der Waals surface area contributed by atoms with Gasteiger partial charge in [0.05, 0.1) is 19.8 Å². The number of benzene rings is 1. The highest BCUT2D eigenvalue weighted by molar-refractivity contribution is 7.16. The zero-order chi connectivity index (χ0) is 20.4. The van der Waals surface area contributed by atoms with Crippen LogP contribution in [0.3, 0.4) is 0 Å². The Morgan fingerprint density at radius 2 is 1.75 bits per heavy atom. The molecule has 1 amide bonds. The Labute approximate surface area is 168 Å². The van der Waals surface area contributed by atoms with Crippen LogP contribution in [0.1, 0.15) is 44.8 Å². The molecule has 2 aromatic rings. The number of amides is 1. The molecule has 1 aromatic carbocycles. The molecular weight excluding hydrogens is 378 g/mol. The molecule has 0 radical (unpaired) electrons. The SMILES string of the molecule is COc1cc(C)c(COC(=O)c2c(NC(=O)C3CC3)sc(C)c2C)cc1OC. The van der Waals surface area contributed by atoms with Gasteiger partial charge in [0.15, 0.2) is 11.5 Å². The summed E-state index contributed by atoms with van der Waals surface area (Å²) in [4.78, 5) is 25.9. The number of methoxy groups -OCH3 is 2. The Balaban J connectivity index is 1.77. The molecule has 0 unspecified atom stereocenters. The molecular formula is C21H25NO5S. The van der Waals surface area contributed by atoms with Crippen LogP contribution >= 0.6 is 11.3 Å². The van der Waals surface area contributed by atoms with Crippen LogP contribution in [-0.4, -0.2) is 26.1 Å². The molecule has 1 saturated carbocycles. The second-order valence-corrected chi connectivity index (χ2v) is 8.19. The summed E-state index contributed by atoms with van der Waals surface area (Å²) >= 11 is 1.41. The monoisotopic (exact) mass is 403 g/mol. The van der Waals surface area contributed by atoms with Gasteiger partial charge in [0, 0.05) is 10.8 Å². The fourth-order valence-corrected chi connectivity index (χ4v) is 3.97. The number of aryl methyl sites for hydroxylation is 2. The minimum atomic E-state index is -0.442. The van der Waals surface area contributed by atoms with Gasteiger partial charge < -0.3 is 19.5 Å². The normalized spacial score (nSPS) is 13.2. The third-order valence-corrected chi connectivity index (χ3v) is 6.10. The molecule has 1 aliphatic carbocycles. The van der Waals surface area contributed by atoms with Gasteiger partial charge in [-0.15, -0.1) is 11.3 Å². The Morgan fingerprint density at radius 3 is 2.36 bits per heavy atom. The molecule has 1 aliphatic rings. The zero-order valence-corrected chi connectivity index (χ0v) is 17.6. The van der Waals surface area contributed by atoms with Crippen LogP contribution in [0.15, 0.2) is 12.1 Å². The van der Waals surface area contributed by atoms with E-state index in [0.29, 0.717) is 22.1 Å². The first-order valence-corrected chi connectivity index (χ1v) is 9.96. The first-order valence-electron chi connectivity index (χ1n) is 9.15.